The number of amides is 3. The molecule has 0 spiro atoms. The van der Waals surface area contributed by atoms with Crippen LogP contribution in [0.15, 0.2) is 42.7 Å². The predicted octanol–water partition coefficient (Wildman–Crippen LogP) is 5.48. The molecule has 0 saturated carbocycles. The van der Waals surface area contributed by atoms with Crippen molar-refractivity contribution in [3.8, 4) is 17.3 Å². The van der Waals surface area contributed by atoms with Gasteiger partial charge < -0.3 is 15.5 Å². The number of nitriles is 1. The van der Waals surface area contributed by atoms with Gasteiger partial charge in [0.15, 0.2) is 0 Å². The van der Waals surface area contributed by atoms with Gasteiger partial charge >= 0.3 is 6.03 Å². The van der Waals surface area contributed by atoms with Gasteiger partial charge in [0.05, 0.1) is 28.1 Å². The zero-order valence-corrected chi connectivity index (χ0v) is 23.5. The fourth-order valence-electron chi connectivity index (χ4n) is 5.01. The van der Waals surface area contributed by atoms with Crippen LogP contribution in [0.5, 0.6) is 0 Å². The van der Waals surface area contributed by atoms with E-state index >= 15 is 0 Å². The summed E-state index contributed by atoms with van der Waals surface area (Å²) in [6.07, 6.45) is 5.42. The molecule has 1 fully saturated rings. The number of urea groups is 1. The highest BCUT2D eigenvalue weighted by atomic mass is 127. The summed E-state index contributed by atoms with van der Waals surface area (Å²) in [7, 11) is 0. The average Bonchev–Trinajstić information content (AvgIpc) is 3.59. The minimum absolute atomic E-state index is 0.109. The molecular formula is C27H21FIN7O2S. The highest BCUT2D eigenvalue weighted by Gasteiger charge is 2.36. The quantitative estimate of drug-likeness (QED) is 0.267. The summed E-state index contributed by atoms with van der Waals surface area (Å²) in [6.45, 7) is 3.27. The van der Waals surface area contributed by atoms with Crippen LogP contribution in [-0.4, -0.2) is 53.0 Å². The minimum atomic E-state index is -0.526. The number of pyridine rings is 2. The Hall–Kier alpha value is -3.67. The number of carbonyl (C=O) groups is 2. The Morgan fingerprint density at radius 2 is 2.00 bits per heavy atom. The van der Waals surface area contributed by atoms with Crippen LogP contribution in [0.4, 0.5) is 26.2 Å². The molecule has 1 aromatic carbocycles. The van der Waals surface area contributed by atoms with Gasteiger partial charge in [-0.3, -0.25) is 14.7 Å². The molecule has 2 aliphatic heterocycles. The van der Waals surface area contributed by atoms with E-state index in [0.717, 1.165) is 43.8 Å². The third-order valence-corrected chi connectivity index (χ3v) is 8.83. The normalized spacial score (nSPS) is 14.9. The van der Waals surface area contributed by atoms with Crippen molar-refractivity contribution >= 4 is 73.1 Å². The molecule has 3 aromatic heterocycles. The number of halogens is 2. The number of thiophene rings is 1. The lowest BCUT2D eigenvalue weighted by atomic mass is 10.00. The van der Waals surface area contributed by atoms with E-state index in [9.17, 15) is 19.2 Å². The molecule has 1 saturated heterocycles. The Balaban J connectivity index is 1.53. The highest BCUT2D eigenvalue weighted by molar-refractivity contribution is 14.1. The number of rotatable bonds is 6. The van der Waals surface area contributed by atoms with Crippen LogP contribution in [-0.2, 0) is 0 Å². The number of nitrogens with one attached hydrogen (secondary N) is 2. The van der Waals surface area contributed by atoms with Gasteiger partial charge in [-0.25, -0.2) is 14.2 Å². The van der Waals surface area contributed by atoms with E-state index in [1.165, 1.54) is 17.0 Å². The number of aromatic nitrogens is 2. The van der Waals surface area contributed by atoms with Gasteiger partial charge in [-0.15, -0.1) is 11.3 Å². The van der Waals surface area contributed by atoms with Gasteiger partial charge in [0.1, 0.15) is 27.2 Å². The van der Waals surface area contributed by atoms with Crippen LogP contribution in [0.1, 0.15) is 28.1 Å². The highest BCUT2D eigenvalue weighted by Crippen LogP contribution is 2.49. The predicted molar refractivity (Wildman–Crippen MR) is 156 cm³/mol. The van der Waals surface area contributed by atoms with E-state index in [2.05, 4.69) is 49.2 Å². The summed E-state index contributed by atoms with van der Waals surface area (Å²) in [5.41, 5.74) is 1.89. The molecule has 2 aliphatic rings. The zero-order valence-electron chi connectivity index (χ0n) is 20.5. The Morgan fingerprint density at radius 3 is 2.74 bits per heavy atom. The summed E-state index contributed by atoms with van der Waals surface area (Å²) in [6, 6.07) is 9.26. The van der Waals surface area contributed by atoms with Crippen molar-refractivity contribution in [2.45, 2.75) is 12.8 Å². The Labute approximate surface area is 240 Å². The summed E-state index contributed by atoms with van der Waals surface area (Å²) < 4.78 is 15.0. The SMILES string of the molecule is N#Cc1c(-c2cc(F)ccc2I)nc2sc(C(=O)NCCN3CCCC3)c3c2c1N(c1ccncc1)C(=O)N3. The van der Waals surface area contributed by atoms with E-state index in [-0.39, 0.29) is 17.2 Å². The molecule has 39 heavy (non-hydrogen) atoms. The molecule has 5 heterocycles. The first kappa shape index (κ1) is 25.6. The fourth-order valence-corrected chi connectivity index (χ4v) is 6.65. The van der Waals surface area contributed by atoms with Crippen molar-refractivity contribution in [2.24, 2.45) is 0 Å². The van der Waals surface area contributed by atoms with Gasteiger partial charge in [-0.1, -0.05) is 0 Å². The maximum Gasteiger partial charge on any atom is 0.331 e. The second-order valence-corrected chi connectivity index (χ2v) is 11.3. The molecule has 2 N–H and O–H groups in total. The van der Waals surface area contributed by atoms with Crippen LogP contribution < -0.4 is 15.5 Å². The first-order chi connectivity index (χ1) is 19.0. The lowest BCUT2D eigenvalue weighted by molar-refractivity contribution is 0.0954. The molecule has 0 unspecified atom stereocenters. The second-order valence-electron chi connectivity index (χ2n) is 9.18. The summed E-state index contributed by atoms with van der Waals surface area (Å²) in [5, 5.41) is 16.7. The topological polar surface area (TPSA) is 114 Å². The molecule has 9 nitrogen and oxygen atoms in total. The molecule has 4 aromatic rings. The maximum absolute atomic E-state index is 14.3. The van der Waals surface area contributed by atoms with Crippen molar-refractivity contribution in [1.82, 2.24) is 20.2 Å². The van der Waals surface area contributed by atoms with E-state index in [0.29, 0.717) is 47.8 Å². The van der Waals surface area contributed by atoms with Crippen molar-refractivity contribution in [2.75, 3.05) is 36.4 Å². The van der Waals surface area contributed by atoms with Crippen molar-refractivity contribution in [3.63, 3.8) is 0 Å². The summed E-state index contributed by atoms with van der Waals surface area (Å²) in [5.74, 6) is -0.797. The van der Waals surface area contributed by atoms with Crippen molar-refractivity contribution in [1.29, 1.82) is 5.26 Å². The van der Waals surface area contributed by atoms with E-state index < -0.39 is 11.8 Å². The lowest BCUT2D eigenvalue weighted by Gasteiger charge is -2.29. The molecule has 6 rings (SSSR count). The number of carbonyl (C=O) groups excluding carboxylic acids is 2. The van der Waals surface area contributed by atoms with E-state index in [1.807, 2.05) is 0 Å². The van der Waals surface area contributed by atoms with Gasteiger partial charge in [-0.05, 0) is 78.9 Å². The van der Waals surface area contributed by atoms with Gasteiger partial charge in [0, 0.05) is 34.6 Å². The minimum Gasteiger partial charge on any atom is -0.350 e. The first-order valence-corrected chi connectivity index (χ1v) is 14.2. The fraction of sp³-hybridized carbons (Fsp3) is 0.222. The van der Waals surface area contributed by atoms with Crippen molar-refractivity contribution in [3.05, 3.63) is 62.6 Å². The van der Waals surface area contributed by atoms with Crippen LogP contribution >= 0.6 is 33.9 Å². The largest absolute Gasteiger partial charge is 0.350 e. The monoisotopic (exact) mass is 653 g/mol. The van der Waals surface area contributed by atoms with Crippen LogP contribution in [0, 0.1) is 20.7 Å². The molecule has 0 aliphatic carbocycles. The summed E-state index contributed by atoms with van der Waals surface area (Å²) in [4.78, 5) is 40.1. The average molecular weight is 653 g/mol. The molecule has 0 atom stereocenters. The number of nitrogens with zero attached hydrogens (tertiary/aromatic N) is 5. The lowest BCUT2D eigenvalue weighted by Crippen LogP contribution is -2.36. The molecular weight excluding hydrogens is 632 g/mol. The molecule has 0 bridgehead atoms. The van der Waals surface area contributed by atoms with Crippen molar-refractivity contribution < 1.29 is 14.0 Å². The number of anilines is 3. The van der Waals surface area contributed by atoms with Gasteiger partial charge in [0.25, 0.3) is 5.91 Å². The van der Waals surface area contributed by atoms with Gasteiger partial charge in [0.2, 0.25) is 0 Å². The molecule has 12 heteroatoms. The molecule has 0 radical (unpaired) electrons. The number of benzene rings is 1. The number of hydrogen-bond donors (Lipinski definition) is 2. The number of likely N-dealkylation sites (tertiary alicyclic amines) is 1. The first-order valence-electron chi connectivity index (χ1n) is 12.3. The van der Waals surface area contributed by atoms with Crippen LogP contribution in [0.2, 0.25) is 0 Å². The summed E-state index contributed by atoms with van der Waals surface area (Å²) >= 11 is 3.20. The van der Waals surface area contributed by atoms with Gasteiger partial charge in [-0.2, -0.15) is 5.26 Å². The Bertz CT molecular complexity index is 1660. The third kappa shape index (κ3) is 4.60. The zero-order chi connectivity index (χ0) is 27.1. The maximum atomic E-state index is 14.3. The van der Waals surface area contributed by atoms with E-state index in [4.69, 9.17) is 4.98 Å². The smallest absolute Gasteiger partial charge is 0.331 e. The number of hydrogen-bond acceptors (Lipinski definition) is 7. The molecule has 3 amide bonds. The Kier molecular flexibility index (Phi) is 6.88. The van der Waals surface area contributed by atoms with Crippen LogP contribution in [0.25, 0.3) is 21.5 Å². The van der Waals surface area contributed by atoms with Crippen LogP contribution in [0.3, 0.4) is 0 Å². The molecule has 196 valence electrons. The Morgan fingerprint density at radius 1 is 1.23 bits per heavy atom. The third-order valence-electron chi connectivity index (χ3n) is 6.81. The standard InChI is InChI=1S/C27H21FIN7O2S/c28-15-3-4-19(29)17(13-15)21-18(14-30)23-20-22(34-27(38)36(23)16-5-7-31-8-6-16)24(39-26(20)33-21)25(37)32-9-12-35-10-1-2-11-35/h3-8,13H,1-2,9-12H2,(H,32,37)(H,34,38). The second kappa shape index (κ2) is 10.5. The van der Waals surface area contributed by atoms with E-state index in [1.54, 1.807) is 30.6 Å².